The van der Waals surface area contributed by atoms with Crippen molar-refractivity contribution in [3.8, 4) is 0 Å². The van der Waals surface area contributed by atoms with Gasteiger partial charge in [0.15, 0.2) is 5.84 Å². The average molecular weight is 288 g/mol. The highest BCUT2D eigenvalue weighted by Crippen LogP contribution is 2.00. The largest absolute Gasteiger partial charge is 0.409 e. The minimum absolute atomic E-state index is 0.0516. The third-order valence-electron chi connectivity index (χ3n) is 2.95. The first kappa shape index (κ1) is 14.5. The highest BCUT2D eigenvalue weighted by Gasteiger charge is 2.08. The van der Waals surface area contributed by atoms with Gasteiger partial charge in [-0.15, -0.1) is 0 Å². The zero-order valence-corrected chi connectivity index (χ0v) is 11.5. The van der Waals surface area contributed by atoms with Crippen molar-refractivity contribution in [2.45, 2.75) is 6.42 Å². The molecule has 0 saturated heterocycles. The molecule has 2 heterocycles. The molecule has 2 aromatic rings. The van der Waals surface area contributed by atoms with Gasteiger partial charge in [-0.25, -0.2) is 4.98 Å². The summed E-state index contributed by atoms with van der Waals surface area (Å²) in [6.45, 7) is 0.466. The molecule has 2 aromatic heterocycles. The van der Waals surface area contributed by atoms with E-state index in [2.05, 4.69) is 20.4 Å². The fourth-order valence-corrected chi connectivity index (χ4v) is 1.75. The molecule has 2 rings (SSSR count). The number of hydrogen-bond acceptors (Lipinski definition) is 5. The molecule has 8 heteroatoms. The van der Waals surface area contributed by atoms with Crippen molar-refractivity contribution in [1.82, 2.24) is 19.9 Å². The fourth-order valence-electron chi connectivity index (χ4n) is 1.75. The Balaban J connectivity index is 1.90. The first-order chi connectivity index (χ1) is 10.1. The van der Waals surface area contributed by atoms with Crippen LogP contribution in [0.15, 0.2) is 35.9 Å². The maximum Gasteiger partial charge on any atom is 0.269 e. The van der Waals surface area contributed by atoms with E-state index in [1.165, 1.54) is 12.3 Å². The normalized spacial score (nSPS) is 11.4. The van der Waals surface area contributed by atoms with Gasteiger partial charge < -0.3 is 20.8 Å². The summed E-state index contributed by atoms with van der Waals surface area (Å²) in [4.78, 5) is 20.0. The standard InChI is InChI=1S/C13H16N6O2/c1-19-7-6-15-11(19)4-5-16-13(20)10-3-2-9(8-17-10)12(14)18-21/h2-3,6-8,21H,4-5H2,1H3,(H2,14,18)(H,16,20). The van der Waals surface area contributed by atoms with Crippen LogP contribution in [-0.4, -0.2) is 38.0 Å². The molecule has 21 heavy (non-hydrogen) atoms. The van der Waals surface area contributed by atoms with Gasteiger partial charge in [0, 0.05) is 44.2 Å². The van der Waals surface area contributed by atoms with Crippen molar-refractivity contribution in [3.05, 3.63) is 47.8 Å². The van der Waals surface area contributed by atoms with Crippen molar-refractivity contribution in [2.24, 2.45) is 17.9 Å². The van der Waals surface area contributed by atoms with Crippen LogP contribution in [0, 0.1) is 0 Å². The van der Waals surface area contributed by atoms with Gasteiger partial charge in [-0.05, 0) is 12.1 Å². The van der Waals surface area contributed by atoms with E-state index in [1.54, 1.807) is 12.3 Å². The maximum absolute atomic E-state index is 11.9. The van der Waals surface area contributed by atoms with E-state index in [9.17, 15) is 4.79 Å². The van der Waals surface area contributed by atoms with Crippen molar-refractivity contribution < 1.29 is 10.0 Å². The van der Waals surface area contributed by atoms with E-state index in [4.69, 9.17) is 10.9 Å². The molecule has 110 valence electrons. The summed E-state index contributed by atoms with van der Waals surface area (Å²) in [6, 6.07) is 3.08. The quantitative estimate of drug-likeness (QED) is 0.307. The highest BCUT2D eigenvalue weighted by atomic mass is 16.4. The van der Waals surface area contributed by atoms with Gasteiger partial charge in [-0.1, -0.05) is 5.16 Å². The van der Waals surface area contributed by atoms with Crippen LogP contribution >= 0.6 is 0 Å². The van der Waals surface area contributed by atoms with E-state index < -0.39 is 0 Å². The smallest absolute Gasteiger partial charge is 0.269 e. The van der Waals surface area contributed by atoms with Crippen LogP contribution in [-0.2, 0) is 13.5 Å². The number of aromatic nitrogens is 3. The number of aryl methyl sites for hydroxylation is 1. The zero-order valence-electron chi connectivity index (χ0n) is 11.5. The number of oxime groups is 1. The van der Waals surface area contributed by atoms with Crippen LogP contribution in [0.5, 0.6) is 0 Å². The Morgan fingerprint density at radius 3 is 2.86 bits per heavy atom. The zero-order chi connectivity index (χ0) is 15.2. The second-order valence-electron chi connectivity index (χ2n) is 4.38. The van der Waals surface area contributed by atoms with Crippen LogP contribution in [0.2, 0.25) is 0 Å². The predicted octanol–water partition coefficient (Wildman–Crippen LogP) is -0.118. The number of nitrogens with two attached hydrogens (primary N) is 1. The second-order valence-corrected chi connectivity index (χ2v) is 4.38. The number of hydrogen-bond donors (Lipinski definition) is 3. The summed E-state index contributed by atoms with van der Waals surface area (Å²) in [5.41, 5.74) is 6.13. The van der Waals surface area contributed by atoms with Gasteiger partial charge in [-0.3, -0.25) is 9.78 Å². The third-order valence-corrected chi connectivity index (χ3v) is 2.95. The number of carbonyl (C=O) groups is 1. The number of nitrogens with one attached hydrogen (secondary N) is 1. The summed E-state index contributed by atoms with van der Waals surface area (Å²) >= 11 is 0. The molecule has 0 bridgehead atoms. The maximum atomic E-state index is 11.9. The molecule has 0 aliphatic rings. The molecule has 4 N–H and O–H groups in total. The third kappa shape index (κ3) is 3.56. The molecule has 1 amide bonds. The van der Waals surface area contributed by atoms with Crippen molar-refractivity contribution >= 4 is 11.7 Å². The predicted molar refractivity (Wildman–Crippen MR) is 76.0 cm³/mol. The van der Waals surface area contributed by atoms with Crippen molar-refractivity contribution in [2.75, 3.05) is 6.54 Å². The van der Waals surface area contributed by atoms with Crippen LogP contribution in [0.3, 0.4) is 0 Å². The molecule has 0 spiro atoms. The summed E-state index contributed by atoms with van der Waals surface area (Å²) in [5.74, 6) is 0.560. The van der Waals surface area contributed by atoms with Crippen LogP contribution in [0.25, 0.3) is 0 Å². The van der Waals surface area contributed by atoms with E-state index in [0.717, 1.165) is 5.82 Å². The van der Waals surface area contributed by atoms with E-state index in [-0.39, 0.29) is 17.4 Å². The van der Waals surface area contributed by atoms with Crippen molar-refractivity contribution in [3.63, 3.8) is 0 Å². The summed E-state index contributed by atoms with van der Waals surface area (Å²) in [5, 5.41) is 14.2. The Morgan fingerprint density at radius 2 is 2.29 bits per heavy atom. The van der Waals surface area contributed by atoms with Crippen LogP contribution in [0.1, 0.15) is 21.9 Å². The van der Waals surface area contributed by atoms with Gasteiger partial charge >= 0.3 is 0 Å². The first-order valence-electron chi connectivity index (χ1n) is 6.30. The Hall–Kier alpha value is -2.90. The van der Waals surface area contributed by atoms with E-state index in [1.807, 2.05) is 17.8 Å². The van der Waals surface area contributed by atoms with Gasteiger partial charge in [-0.2, -0.15) is 0 Å². The topological polar surface area (TPSA) is 118 Å². The molecule has 0 fully saturated rings. The van der Waals surface area contributed by atoms with Gasteiger partial charge in [0.25, 0.3) is 5.91 Å². The molecule has 0 radical (unpaired) electrons. The number of nitrogens with zero attached hydrogens (tertiary/aromatic N) is 4. The van der Waals surface area contributed by atoms with Crippen LogP contribution in [0.4, 0.5) is 0 Å². The Kier molecular flexibility index (Phi) is 4.50. The minimum atomic E-state index is -0.282. The van der Waals surface area contributed by atoms with Crippen molar-refractivity contribution in [1.29, 1.82) is 0 Å². The lowest BCUT2D eigenvalue weighted by Gasteiger charge is -2.05. The Morgan fingerprint density at radius 1 is 1.48 bits per heavy atom. The molecular weight excluding hydrogens is 272 g/mol. The lowest BCUT2D eigenvalue weighted by atomic mass is 10.2. The summed E-state index contributed by atoms with van der Waals surface area (Å²) in [7, 11) is 1.90. The average Bonchev–Trinajstić information content (AvgIpc) is 2.92. The minimum Gasteiger partial charge on any atom is -0.409 e. The molecular formula is C13H16N6O2. The fraction of sp³-hybridized carbons (Fsp3) is 0.231. The Labute approximate surface area is 121 Å². The number of amidine groups is 1. The van der Waals surface area contributed by atoms with Crippen LogP contribution < -0.4 is 11.1 Å². The molecule has 0 unspecified atom stereocenters. The number of imidazole rings is 1. The molecule has 0 aliphatic carbocycles. The summed E-state index contributed by atoms with van der Waals surface area (Å²) in [6.07, 6.45) is 5.58. The SMILES string of the molecule is Cn1ccnc1CCNC(=O)c1ccc(C(N)=NO)cn1. The molecule has 8 nitrogen and oxygen atoms in total. The number of carbonyl (C=O) groups excluding carboxylic acids is 1. The first-order valence-corrected chi connectivity index (χ1v) is 6.30. The molecule has 0 aliphatic heterocycles. The highest BCUT2D eigenvalue weighted by molar-refractivity contribution is 5.98. The second kappa shape index (κ2) is 6.51. The summed E-state index contributed by atoms with van der Waals surface area (Å²) < 4.78 is 1.90. The number of pyridine rings is 1. The molecule has 0 atom stereocenters. The number of rotatable bonds is 5. The monoisotopic (exact) mass is 288 g/mol. The van der Waals surface area contributed by atoms with E-state index >= 15 is 0 Å². The lowest BCUT2D eigenvalue weighted by Crippen LogP contribution is -2.27. The Bertz CT molecular complexity index is 647. The lowest BCUT2D eigenvalue weighted by molar-refractivity contribution is 0.0949. The van der Waals surface area contributed by atoms with E-state index in [0.29, 0.717) is 18.5 Å². The number of amides is 1. The van der Waals surface area contributed by atoms with Gasteiger partial charge in [0.2, 0.25) is 0 Å². The molecule has 0 saturated carbocycles. The van der Waals surface area contributed by atoms with Gasteiger partial charge in [0.05, 0.1) is 0 Å². The molecule has 0 aromatic carbocycles. The van der Waals surface area contributed by atoms with Gasteiger partial charge in [0.1, 0.15) is 11.5 Å².